The van der Waals surface area contributed by atoms with Crippen molar-refractivity contribution in [3.63, 3.8) is 0 Å². The second-order valence-corrected chi connectivity index (χ2v) is 9.19. The van der Waals surface area contributed by atoms with Crippen LogP contribution in [0.15, 0.2) is 48.5 Å². The lowest BCUT2D eigenvalue weighted by atomic mass is 10.0. The number of piperidine rings is 1. The van der Waals surface area contributed by atoms with Crippen LogP contribution >= 0.6 is 24.8 Å². The standard InChI is InChI=1S/C26H32N4O4.2ClH/c1-30-12-2-3-23(15-30)34-24(31)14-20-13-21(29-26(20)32)16-33-22-10-8-18(9-11-22)17-4-6-19(7-5-17)25(27)28;;/h4-11,20-21,23H,2-3,12-16H2,1H3,(H3,27,28)(H,29,32);2*1H/t20-,21-,23?;;/m0../s1. The molecule has 0 aliphatic carbocycles. The first-order valence-electron chi connectivity index (χ1n) is 11.7. The van der Waals surface area contributed by atoms with Crippen molar-refractivity contribution in [2.45, 2.75) is 37.8 Å². The number of halogens is 2. The quantitative estimate of drug-likeness (QED) is 0.270. The van der Waals surface area contributed by atoms with E-state index in [1.165, 1.54) is 0 Å². The number of amides is 1. The molecular weight excluding hydrogens is 503 g/mol. The first-order chi connectivity index (χ1) is 16.4. The van der Waals surface area contributed by atoms with Crippen molar-refractivity contribution in [2.24, 2.45) is 11.7 Å². The average Bonchev–Trinajstić information content (AvgIpc) is 3.17. The maximum absolute atomic E-state index is 12.3. The molecular formula is C26H34Cl2N4O4. The van der Waals surface area contributed by atoms with E-state index >= 15 is 0 Å². The molecule has 8 nitrogen and oxygen atoms in total. The van der Waals surface area contributed by atoms with Crippen LogP contribution in [0.25, 0.3) is 11.1 Å². The van der Waals surface area contributed by atoms with Crippen LogP contribution < -0.4 is 15.8 Å². The number of ether oxygens (including phenoxy) is 2. The van der Waals surface area contributed by atoms with Crippen molar-refractivity contribution in [3.8, 4) is 16.9 Å². The summed E-state index contributed by atoms with van der Waals surface area (Å²) in [5.74, 6) is -0.0273. The molecule has 0 bridgehead atoms. The van der Waals surface area contributed by atoms with Gasteiger partial charge in [-0.05, 0) is 56.1 Å². The summed E-state index contributed by atoms with van der Waals surface area (Å²) in [6, 6.07) is 15.1. The lowest BCUT2D eigenvalue weighted by Crippen LogP contribution is -2.38. The maximum Gasteiger partial charge on any atom is 0.306 e. The summed E-state index contributed by atoms with van der Waals surface area (Å²) in [5, 5.41) is 10.4. The molecule has 2 fully saturated rings. The van der Waals surface area contributed by atoms with Gasteiger partial charge in [-0.2, -0.15) is 0 Å². The molecule has 2 aliphatic heterocycles. The third-order valence-electron chi connectivity index (χ3n) is 6.41. The molecule has 1 amide bonds. The number of carbonyl (C=O) groups excluding carboxylic acids is 2. The number of hydrogen-bond donors (Lipinski definition) is 3. The summed E-state index contributed by atoms with van der Waals surface area (Å²) in [6.07, 6.45) is 2.49. The lowest BCUT2D eigenvalue weighted by molar-refractivity contribution is -0.153. The smallest absolute Gasteiger partial charge is 0.306 e. The number of hydrogen-bond acceptors (Lipinski definition) is 6. The highest BCUT2D eigenvalue weighted by atomic mass is 35.5. The topological polar surface area (TPSA) is 118 Å². The fourth-order valence-electron chi connectivity index (χ4n) is 4.55. The molecule has 4 N–H and O–H groups in total. The number of esters is 1. The Kier molecular flexibility index (Phi) is 11.0. The minimum Gasteiger partial charge on any atom is -0.491 e. The van der Waals surface area contributed by atoms with Crippen LogP contribution in [0.4, 0.5) is 0 Å². The number of nitrogens with two attached hydrogens (primary N) is 1. The number of benzene rings is 2. The third-order valence-corrected chi connectivity index (χ3v) is 6.41. The van der Waals surface area contributed by atoms with Gasteiger partial charge < -0.3 is 25.4 Å². The second-order valence-electron chi connectivity index (χ2n) is 9.19. The summed E-state index contributed by atoms with van der Waals surface area (Å²) in [6.45, 7) is 2.12. The van der Waals surface area contributed by atoms with Crippen LogP contribution in [-0.2, 0) is 14.3 Å². The van der Waals surface area contributed by atoms with Crippen molar-refractivity contribution < 1.29 is 19.1 Å². The Balaban J connectivity index is 0.00000228. The van der Waals surface area contributed by atoms with E-state index in [2.05, 4.69) is 10.2 Å². The van der Waals surface area contributed by atoms with Gasteiger partial charge in [0.25, 0.3) is 0 Å². The molecule has 0 saturated carbocycles. The molecule has 2 heterocycles. The molecule has 10 heteroatoms. The predicted octanol–water partition coefficient (Wildman–Crippen LogP) is 3.39. The van der Waals surface area contributed by atoms with Gasteiger partial charge in [-0.1, -0.05) is 36.4 Å². The molecule has 3 atom stereocenters. The van der Waals surface area contributed by atoms with E-state index in [1.807, 2.05) is 55.6 Å². The first kappa shape index (κ1) is 29.4. The zero-order valence-corrected chi connectivity index (χ0v) is 21.9. The van der Waals surface area contributed by atoms with E-state index in [-0.39, 0.29) is 67.0 Å². The molecule has 0 aromatic heterocycles. The Hall–Kier alpha value is -2.81. The molecule has 0 radical (unpaired) electrons. The molecule has 1 unspecified atom stereocenters. The average molecular weight is 537 g/mol. The summed E-state index contributed by atoms with van der Waals surface area (Å²) in [5.41, 5.74) is 8.25. The maximum atomic E-state index is 12.3. The number of nitrogens with one attached hydrogen (secondary N) is 2. The molecule has 2 saturated heterocycles. The molecule has 36 heavy (non-hydrogen) atoms. The van der Waals surface area contributed by atoms with E-state index in [9.17, 15) is 9.59 Å². The number of nitrogen functional groups attached to an aromatic ring is 1. The Morgan fingerprint density at radius 3 is 2.36 bits per heavy atom. The third kappa shape index (κ3) is 7.85. The van der Waals surface area contributed by atoms with Crippen molar-refractivity contribution in [1.82, 2.24) is 10.2 Å². The van der Waals surface area contributed by atoms with Gasteiger partial charge in [0.05, 0.1) is 18.4 Å². The number of amidine groups is 1. The van der Waals surface area contributed by atoms with E-state index < -0.39 is 0 Å². The number of likely N-dealkylation sites (N-methyl/N-ethyl adjacent to an activating group) is 1. The van der Waals surface area contributed by atoms with Crippen molar-refractivity contribution in [3.05, 3.63) is 54.1 Å². The molecule has 4 rings (SSSR count). The SMILES string of the molecule is CN1CCCC(OC(=O)C[C@@H]2C[C@@H](COc3ccc(-c4ccc(C(=N)N)cc4)cc3)NC2=O)C1.Cl.Cl. The monoisotopic (exact) mass is 536 g/mol. The van der Waals surface area contributed by atoms with Crippen molar-refractivity contribution in [2.75, 3.05) is 26.7 Å². The highest BCUT2D eigenvalue weighted by molar-refractivity contribution is 5.95. The van der Waals surface area contributed by atoms with E-state index in [0.717, 1.165) is 37.1 Å². The highest BCUT2D eigenvalue weighted by Gasteiger charge is 2.35. The highest BCUT2D eigenvalue weighted by Crippen LogP contribution is 2.25. The van der Waals surface area contributed by atoms with Crippen molar-refractivity contribution >= 4 is 42.5 Å². The van der Waals surface area contributed by atoms with E-state index in [4.69, 9.17) is 20.6 Å². The molecule has 2 aliphatic rings. The van der Waals surface area contributed by atoms with Gasteiger partial charge in [-0.3, -0.25) is 15.0 Å². The Bertz CT molecular complexity index is 1030. The zero-order chi connectivity index (χ0) is 24.1. The second kappa shape index (κ2) is 13.5. The largest absolute Gasteiger partial charge is 0.491 e. The van der Waals surface area contributed by atoms with Gasteiger partial charge in [0.2, 0.25) is 5.91 Å². The van der Waals surface area contributed by atoms with Gasteiger partial charge in [-0.15, -0.1) is 24.8 Å². The van der Waals surface area contributed by atoms with Gasteiger partial charge in [0.1, 0.15) is 24.3 Å². The van der Waals surface area contributed by atoms with Gasteiger partial charge >= 0.3 is 5.97 Å². The first-order valence-corrected chi connectivity index (χ1v) is 11.7. The van der Waals surface area contributed by atoms with Gasteiger partial charge in [0, 0.05) is 12.1 Å². The van der Waals surface area contributed by atoms with Crippen LogP contribution in [0.5, 0.6) is 5.75 Å². The van der Waals surface area contributed by atoms with Crippen LogP contribution in [0.1, 0.15) is 31.2 Å². The normalized spacial score (nSPS) is 21.5. The minimum atomic E-state index is -0.372. The molecule has 2 aromatic rings. The number of likely N-dealkylation sites (tertiary alicyclic amines) is 1. The Morgan fingerprint density at radius 1 is 1.11 bits per heavy atom. The zero-order valence-electron chi connectivity index (χ0n) is 20.3. The Morgan fingerprint density at radius 2 is 1.75 bits per heavy atom. The summed E-state index contributed by atoms with van der Waals surface area (Å²) in [4.78, 5) is 26.8. The number of nitrogens with zero attached hydrogens (tertiary/aromatic N) is 1. The fraction of sp³-hybridized carbons (Fsp3) is 0.423. The molecule has 196 valence electrons. The number of carbonyl (C=O) groups is 2. The molecule has 2 aromatic carbocycles. The summed E-state index contributed by atoms with van der Waals surface area (Å²) in [7, 11) is 2.02. The summed E-state index contributed by atoms with van der Waals surface area (Å²) < 4.78 is 11.5. The van der Waals surface area contributed by atoms with Crippen LogP contribution in [0.3, 0.4) is 0 Å². The van der Waals surface area contributed by atoms with Gasteiger partial charge in [-0.25, -0.2) is 0 Å². The van der Waals surface area contributed by atoms with Crippen molar-refractivity contribution in [1.29, 1.82) is 5.41 Å². The molecule has 0 spiro atoms. The number of rotatable bonds is 8. The van der Waals surface area contributed by atoms with Gasteiger partial charge in [0.15, 0.2) is 0 Å². The predicted molar refractivity (Wildman–Crippen MR) is 144 cm³/mol. The fourth-order valence-corrected chi connectivity index (χ4v) is 4.55. The Labute approximate surface area is 224 Å². The van der Waals surface area contributed by atoms with Crippen LogP contribution in [-0.4, -0.2) is 61.5 Å². The lowest BCUT2D eigenvalue weighted by Gasteiger charge is -2.29. The van der Waals surface area contributed by atoms with Crippen LogP contribution in [0, 0.1) is 11.3 Å². The van der Waals surface area contributed by atoms with Crippen LogP contribution in [0.2, 0.25) is 0 Å². The summed E-state index contributed by atoms with van der Waals surface area (Å²) >= 11 is 0. The van der Waals surface area contributed by atoms with E-state index in [0.29, 0.717) is 24.3 Å². The van der Waals surface area contributed by atoms with E-state index in [1.54, 1.807) is 0 Å². The minimum absolute atomic E-state index is 0.